The molecule has 1 aromatic heterocycles. The van der Waals surface area contributed by atoms with Crippen molar-refractivity contribution in [2.24, 2.45) is 5.92 Å². The lowest BCUT2D eigenvalue weighted by molar-refractivity contribution is -0.121. The van der Waals surface area contributed by atoms with Gasteiger partial charge in [-0.15, -0.1) is 11.3 Å². The van der Waals surface area contributed by atoms with E-state index in [0.29, 0.717) is 18.9 Å². The van der Waals surface area contributed by atoms with Gasteiger partial charge in [0.05, 0.1) is 5.69 Å². The largest absolute Gasteiger partial charge is 0.355 e. The second-order valence-electron chi connectivity index (χ2n) is 7.38. The van der Waals surface area contributed by atoms with E-state index >= 15 is 0 Å². The maximum absolute atomic E-state index is 12.2. The zero-order valence-electron chi connectivity index (χ0n) is 15.8. The van der Waals surface area contributed by atoms with Gasteiger partial charge >= 0.3 is 0 Å². The molecule has 1 aromatic carbocycles. The Balaban J connectivity index is 1.40. The molecule has 4 nitrogen and oxygen atoms in total. The molecule has 1 N–H and O–H groups in total. The Hall–Kier alpha value is -1.72. The maximum Gasteiger partial charge on any atom is 0.220 e. The number of likely N-dealkylation sites (tertiary alicyclic amines) is 1. The van der Waals surface area contributed by atoms with Gasteiger partial charge in [0.1, 0.15) is 5.01 Å². The number of aryl methyl sites for hydroxylation is 1. The molecule has 1 amide bonds. The summed E-state index contributed by atoms with van der Waals surface area (Å²) in [6.45, 7) is 7.58. The Bertz CT molecular complexity index is 692. The molecule has 1 atom stereocenters. The average Bonchev–Trinajstić information content (AvgIpc) is 3.15. The van der Waals surface area contributed by atoms with E-state index in [1.54, 1.807) is 11.3 Å². The van der Waals surface area contributed by atoms with Crippen LogP contribution in [0.25, 0.3) is 10.6 Å². The Kier molecular flexibility index (Phi) is 6.80. The summed E-state index contributed by atoms with van der Waals surface area (Å²) < 4.78 is 0. The van der Waals surface area contributed by atoms with E-state index in [2.05, 4.69) is 46.6 Å². The number of rotatable bonds is 7. The molecule has 2 heterocycles. The van der Waals surface area contributed by atoms with Crippen LogP contribution in [0.15, 0.2) is 35.7 Å². The molecule has 0 aliphatic carbocycles. The van der Waals surface area contributed by atoms with Gasteiger partial charge in [-0.2, -0.15) is 0 Å². The molecular weight excluding hydrogens is 342 g/mol. The Morgan fingerprint density at radius 1 is 1.31 bits per heavy atom. The van der Waals surface area contributed by atoms with E-state index in [1.807, 2.05) is 18.2 Å². The van der Waals surface area contributed by atoms with E-state index in [0.717, 1.165) is 41.8 Å². The van der Waals surface area contributed by atoms with Gasteiger partial charge in [0, 0.05) is 30.0 Å². The summed E-state index contributed by atoms with van der Waals surface area (Å²) in [6.07, 6.45) is 3.74. The Morgan fingerprint density at radius 2 is 2.04 bits per heavy atom. The van der Waals surface area contributed by atoms with Crippen molar-refractivity contribution >= 4 is 17.2 Å². The fraction of sp³-hybridized carbons (Fsp3) is 0.524. The van der Waals surface area contributed by atoms with Gasteiger partial charge in [-0.3, -0.25) is 9.69 Å². The summed E-state index contributed by atoms with van der Waals surface area (Å²) in [6, 6.07) is 10.6. The first-order valence-corrected chi connectivity index (χ1v) is 10.5. The summed E-state index contributed by atoms with van der Waals surface area (Å²) in [7, 11) is 0. The smallest absolute Gasteiger partial charge is 0.220 e. The highest BCUT2D eigenvalue weighted by atomic mass is 32.1. The van der Waals surface area contributed by atoms with E-state index in [-0.39, 0.29) is 5.91 Å². The number of carbonyl (C=O) groups excluding carboxylic acids is 1. The maximum atomic E-state index is 12.2. The minimum atomic E-state index is 0.122. The van der Waals surface area contributed by atoms with Crippen LogP contribution in [-0.4, -0.2) is 41.5 Å². The summed E-state index contributed by atoms with van der Waals surface area (Å²) >= 11 is 1.64. The Morgan fingerprint density at radius 3 is 2.77 bits per heavy atom. The summed E-state index contributed by atoms with van der Waals surface area (Å²) in [5.74, 6) is 0.961. The second-order valence-corrected chi connectivity index (χ2v) is 8.24. The van der Waals surface area contributed by atoms with Crippen LogP contribution in [0, 0.1) is 5.92 Å². The molecule has 0 saturated carbocycles. The van der Waals surface area contributed by atoms with Crippen LogP contribution in [-0.2, 0) is 11.2 Å². The second kappa shape index (κ2) is 9.28. The highest BCUT2D eigenvalue weighted by Gasteiger charge is 2.20. The van der Waals surface area contributed by atoms with Crippen molar-refractivity contribution in [3.8, 4) is 10.6 Å². The van der Waals surface area contributed by atoms with E-state index < -0.39 is 0 Å². The van der Waals surface area contributed by atoms with Crippen molar-refractivity contribution in [2.45, 2.75) is 45.6 Å². The molecule has 3 rings (SSSR count). The molecule has 5 heteroatoms. The first-order chi connectivity index (χ1) is 12.6. The van der Waals surface area contributed by atoms with Gasteiger partial charge in [-0.05, 0) is 45.2 Å². The highest BCUT2D eigenvalue weighted by Crippen LogP contribution is 2.23. The lowest BCUT2D eigenvalue weighted by Crippen LogP contribution is -2.45. The van der Waals surface area contributed by atoms with Crippen LogP contribution in [0.5, 0.6) is 0 Å². The molecule has 1 aliphatic heterocycles. The van der Waals surface area contributed by atoms with Crippen LogP contribution in [0.2, 0.25) is 0 Å². The number of amides is 1. The third kappa shape index (κ3) is 5.39. The van der Waals surface area contributed by atoms with Crippen LogP contribution >= 0.6 is 11.3 Å². The first kappa shape index (κ1) is 19.1. The molecule has 1 fully saturated rings. The minimum absolute atomic E-state index is 0.122. The molecule has 2 aromatic rings. The SMILES string of the molecule is CC1CCN(C(C)CNC(=O)CCc2csc(-c3ccccc3)n2)CC1. The molecule has 1 saturated heterocycles. The van der Waals surface area contributed by atoms with Gasteiger partial charge in [-0.1, -0.05) is 37.3 Å². The predicted molar refractivity (Wildman–Crippen MR) is 108 cm³/mol. The van der Waals surface area contributed by atoms with E-state index in [9.17, 15) is 4.79 Å². The minimum Gasteiger partial charge on any atom is -0.355 e. The molecule has 0 spiro atoms. The lowest BCUT2D eigenvalue weighted by Gasteiger charge is -2.35. The lowest BCUT2D eigenvalue weighted by atomic mass is 9.98. The summed E-state index contributed by atoms with van der Waals surface area (Å²) in [5, 5.41) is 6.18. The van der Waals surface area contributed by atoms with Crippen molar-refractivity contribution in [1.82, 2.24) is 15.2 Å². The fourth-order valence-electron chi connectivity index (χ4n) is 3.33. The molecule has 0 radical (unpaired) electrons. The predicted octanol–water partition coefficient (Wildman–Crippen LogP) is 3.98. The van der Waals surface area contributed by atoms with Crippen molar-refractivity contribution in [3.63, 3.8) is 0 Å². The number of aromatic nitrogens is 1. The van der Waals surface area contributed by atoms with Gasteiger partial charge < -0.3 is 5.32 Å². The van der Waals surface area contributed by atoms with Gasteiger partial charge in [-0.25, -0.2) is 4.98 Å². The van der Waals surface area contributed by atoms with E-state index in [4.69, 9.17) is 0 Å². The zero-order valence-corrected chi connectivity index (χ0v) is 16.6. The first-order valence-electron chi connectivity index (χ1n) is 9.62. The number of piperidine rings is 1. The van der Waals surface area contributed by atoms with Crippen LogP contribution in [0.1, 0.15) is 38.8 Å². The van der Waals surface area contributed by atoms with Crippen LogP contribution in [0.3, 0.4) is 0 Å². The third-order valence-corrected chi connectivity index (χ3v) is 6.16. The van der Waals surface area contributed by atoms with Gasteiger partial charge in [0.25, 0.3) is 0 Å². The fourth-order valence-corrected chi connectivity index (χ4v) is 4.19. The van der Waals surface area contributed by atoms with Crippen LogP contribution in [0.4, 0.5) is 0 Å². The van der Waals surface area contributed by atoms with Crippen molar-refractivity contribution in [3.05, 3.63) is 41.4 Å². The molecule has 140 valence electrons. The monoisotopic (exact) mass is 371 g/mol. The van der Waals surface area contributed by atoms with Gasteiger partial charge in [0.2, 0.25) is 5.91 Å². The third-order valence-electron chi connectivity index (χ3n) is 5.22. The molecular formula is C21H29N3OS. The topological polar surface area (TPSA) is 45.2 Å². The zero-order chi connectivity index (χ0) is 18.4. The number of hydrogen-bond acceptors (Lipinski definition) is 4. The molecule has 1 aliphatic rings. The number of hydrogen-bond donors (Lipinski definition) is 1. The van der Waals surface area contributed by atoms with Crippen LogP contribution < -0.4 is 5.32 Å². The highest BCUT2D eigenvalue weighted by molar-refractivity contribution is 7.13. The normalized spacial score (nSPS) is 17.2. The van der Waals surface area contributed by atoms with Crippen molar-refractivity contribution in [2.75, 3.05) is 19.6 Å². The molecule has 1 unspecified atom stereocenters. The number of nitrogens with zero attached hydrogens (tertiary/aromatic N) is 2. The van der Waals surface area contributed by atoms with Gasteiger partial charge in [0.15, 0.2) is 0 Å². The van der Waals surface area contributed by atoms with Crippen molar-refractivity contribution < 1.29 is 4.79 Å². The Labute approximate surface area is 160 Å². The summed E-state index contributed by atoms with van der Waals surface area (Å²) in [5.41, 5.74) is 2.14. The number of carbonyl (C=O) groups is 1. The number of benzene rings is 1. The number of thiazole rings is 1. The average molecular weight is 372 g/mol. The molecule has 0 bridgehead atoms. The number of nitrogens with one attached hydrogen (secondary N) is 1. The standard InChI is InChI=1S/C21H29N3OS/c1-16-10-12-24(13-11-16)17(2)14-22-20(25)9-8-19-15-26-21(23-19)18-6-4-3-5-7-18/h3-7,15-17H,8-14H2,1-2H3,(H,22,25). The van der Waals surface area contributed by atoms with Crippen molar-refractivity contribution in [1.29, 1.82) is 0 Å². The molecule has 26 heavy (non-hydrogen) atoms. The summed E-state index contributed by atoms with van der Waals surface area (Å²) in [4.78, 5) is 19.3. The quantitative estimate of drug-likeness (QED) is 0.801. The van der Waals surface area contributed by atoms with E-state index in [1.165, 1.54) is 12.8 Å².